The Kier molecular flexibility index (Phi) is 3.27. The minimum Gasteiger partial charge on any atom is -0.310 e. The Morgan fingerprint density at radius 2 is 2.12 bits per heavy atom. The first-order valence-corrected chi connectivity index (χ1v) is 7.67. The predicted octanol–water partition coefficient (Wildman–Crippen LogP) is 2.07. The topological polar surface area (TPSA) is 46.2 Å². The summed E-state index contributed by atoms with van der Waals surface area (Å²) < 4.78 is 24.2. The molecule has 94 valence electrons. The van der Waals surface area contributed by atoms with Crippen molar-refractivity contribution in [3.8, 4) is 0 Å². The number of hydrogen-bond donors (Lipinski definition) is 1. The van der Waals surface area contributed by atoms with Crippen molar-refractivity contribution in [2.24, 2.45) is 5.92 Å². The summed E-state index contributed by atoms with van der Waals surface area (Å²) in [7, 11) is -3.10. The van der Waals surface area contributed by atoms with E-state index < -0.39 is 9.84 Å². The Balaban J connectivity index is 2.59. The maximum Gasteiger partial charge on any atom is 0.179 e. The van der Waals surface area contributed by atoms with Gasteiger partial charge in [-0.15, -0.1) is 0 Å². The van der Waals surface area contributed by atoms with Gasteiger partial charge in [0.1, 0.15) is 0 Å². The number of benzene rings is 1. The highest BCUT2D eigenvalue weighted by molar-refractivity contribution is 7.91. The highest BCUT2D eigenvalue weighted by Gasteiger charge is 2.34. The lowest BCUT2D eigenvalue weighted by atomic mass is 9.94. The molecule has 1 aromatic carbocycles. The highest BCUT2D eigenvalue weighted by atomic mass is 32.2. The Bertz CT molecular complexity index is 522. The zero-order valence-electron chi connectivity index (χ0n) is 10.5. The van der Waals surface area contributed by atoms with Gasteiger partial charge in [-0.25, -0.2) is 8.42 Å². The SMILES string of the molecule is CCNC1c2cc(C)ccc2S(=O)(=O)CC1C. The summed E-state index contributed by atoms with van der Waals surface area (Å²) in [6.07, 6.45) is 0. The van der Waals surface area contributed by atoms with Crippen LogP contribution in [0.5, 0.6) is 0 Å². The molecular formula is C13H19NO2S. The molecule has 1 aliphatic rings. The summed E-state index contributed by atoms with van der Waals surface area (Å²) in [5.41, 5.74) is 2.04. The van der Waals surface area contributed by atoms with Crippen molar-refractivity contribution in [3.63, 3.8) is 0 Å². The number of hydrogen-bond acceptors (Lipinski definition) is 3. The molecule has 0 bridgehead atoms. The van der Waals surface area contributed by atoms with Gasteiger partial charge in [0.15, 0.2) is 9.84 Å². The van der Waals surface area contributed by atoms with E-state index in [1.54, 1.807) is 6.07 Å². The van der Waals surface area contributed by atoms with Crippen molar-refractivity contribution in [1.82, 2.24) is 5.32 Å². The molecule has 0 amide bonds. The summed E-state index contributed by atoms with van der Waals surface area (Å²) in [5, 5.41) is 3.39. The van der Waals surface area contributed by atoms with Gasteiger partial charge in [0.25, 0.3) is 0 Å². The third kappa shape index (κ3) is 2.24. The standard InChI is InChI=1S/C13H19NO2S/c1-4-14-13-10(3)8-17(15,16)12-6-5-9(2)7-11(12)13/h5-7,10,13-14H,4,8H2,1-3H3. The van der Waals surface area contributed by atoms with E-state index in [1.165, 1.54) is 0 Å². The quantitative estimate of drug-likeness (QED) is 0.877. The first-order valence-electron chi connectivity index (χ1n) is 6.02. The molecule has 2 atom stereocenters. The zero-order chi connectivity index (χ0) is 12.6. The normalized spacial score (nSPS) is 26.5. The summed E-state index contributed by atoms with van der Waals surface area (Å²) in [6, 6.07) is 5.76. The molecule has 2 rings (SSSR count). The van der Waals surface area contributed by atoms with Gasteiger partial charge in [-0.3, -0.25) is 0 Å². The van der Waals surface area contributed by atoms with Crippen LogP contribution in [0.2, 0.25) is 0 Å². The van der Waals surface area contributed by atoms with E-state index in [2.05, 4.69) is 5.32 Å². The first kappa shape index (κ1) is 12.6. The summed E-state index contributed by atoms with van der Waals surface area (Å²) in [6.45, 7) is 6.89. The van der Waals surface area contributed by atoms with Crippen LogP contribution < -0.4 is 5.32 Å². The summed E-state index contributed by atoms with van der Waals surface area (Å²) in [4.78, 5) is 0.507. The monoisotopic (exact) mass is 253 g/mol. The number of rotatable bonds is 2. The Morgan fingerprint density at radius 3 is 2.76 bits per heavy atom. The summed E-state index contributed by atoms with van der Waals surface area (Å²) in [5.74, 6) is 0.357. The van der Waals surface area contributed by atoms with E-state index in [1.807, 2.05) is 32.9 Å². The molecule has 0 fully saturated rings. The molecule has 1 aliphatic heterocycles. The third-order valence-electron chi connectivity index (χ3n) is 3.31. The van der Waals surface area contributed by atoms with E-state index in [9.17, 15) is 8.42 Å². The third-order valence-corrected chi connectivity index (χ3v) is 5.32. The van der Waals surface area contributed by atoms with Crippen LogP contribution in [0.25, 0.3) is 0 Å². The van der Waals surface area contributed by atoms with E-state index in [4.69, 9.17) is 0 Å². The van der Waals surface area contributed by atoms with E-state index in [-0.39, 0.29) is 17.7 Å². The van der Waals surface area contributed by atoms with Crippen LogP contribution in [0.4, 0.5) is 0 Å². The molecule has 0 aliphatic carbocycles. The molecule has 17 heavy (non-hydrogen) atoms. The average Bonchev–Trinajstić information content (AvgIpc) is 2.23. The predicted molar refractivity (Wildman–Crippen MR) is 68.8 cm³/mol. The maximum absolute atomic E-state index is 12.1. The van der Waals surface area contributed by atoms with Crippen molar-refractivity contribution >= 4 is 9.84 Å². The molecule has 0 spiro atoms. The Labute approximate surface area is 103 Å². The number of sulfone groups is 1. The highest BCUT2D eigenvalue weighted by Crippen LogP contribution is 2.36. The summed E-state index contributed by atoms with van der Waals surface area (Å²) >= 11 is 0. The van der Waals surface area contributed by atoms with Gasteiger partial charge in [0.2, 0.25) is 0 Å². The minimum atomic E-state index is -3.10. The number of nitrogens with one attached hydrogen (secondary N) is 1. The molecule has 1 aromatic rings. The van der Waals surface area contributed by atoms with Crippen LogP contribution in [0.1, 0.15) is 31.0 Å². The fraction of sp³-hybridized carbons (Fsp3) is 0.538. The van der Waals surface area contributed by atoms with E-state index in [0.29, 0.717) is 4.90 Å². The molecule has 0 aromatic heterocycles. The van der Waals surface area contributed by atoms with Crippen molar-refractivity contribution in [2.75, 3.05) is 12.3 Å². The van der Waals surface area contributed by atoms with Crippen molar-refractivity contribution in [1.29, 1.82) is 0 Å². The lowest BCUT2D eigenvalue weighted by Crippen LogP contribution is -2.36. The zero-order valence-corrected chi connectivity index (χ0v) is 11.3. The lowest BCUT2D eigenvalue weighted by molar-refractivity contribution is 0.403. The molecule has 0 radical (unpaired) electrons. The maximum atomic E-state index is 12.1. The molecule has 1 heterocycles. The van der Waals surface area contributed by atoms with E-state index in [0.717, 1.165) is 17.7 Å². The molecule has 3 nitrogen and oxygen atoms in total. The lowest BCUT2D eigenvalue weighted by Gasteiger charge is -2.32. The van der Waals surface area contributed by atoms with Crippen LogP contribution in [0.3, 0.4) is 0 Å². The molecule has 1 N–H and O–H groups in total. The van der Waals surface area contributed by atoms with Crippen LogP contribution in [-0.4, -0.2) is 20.7 Å². The van der Waals surface area contributed by atoms with Crippen LogP contribution >= 0.6 is 0 Å². The molecule has 2 unspecified atom stereocenters. The van der Waals surface area contributed by atoms with Crippen LogP contribution in [-0.2, 0) is 9.84 Å². The van der Waals surface area contributed by atoms with Gasteiger partial charge in [-0.05, 0) is 31.0 Å². The average molecular weight is 253 g/mol. The van der Waals surface area contributed by atoms with Gasteiger partial charge in [-0.1, -0.05) is 31.5 Å². The number of fused-ring (bicyclic) bond motifs is 1. The van der Waals surface area contributed by atoms with Crippen molar-refractivity contribution < 1.29 is 8.42 Å². The van der Waals surface area contributed by atoms with Crippen LogP contribution in [0, 0.1) is 12.8 Å². The van der Waals surface area contributed by atoms with Gasteiger partial charge >= 0.3 is 0 Å². The largest absolute Gasteiger partial charge is 0.310 e. The minimum absolute atomic E-state index is 0.120. The Hall–Kier alpha value is -0.870. The van der Waals surface area contributed by atoms with Crippen molar-refractivity contribution in [3.05, 3.63) is 29.3 Å². The molecular weight excluding hydrogens is 234 g/mol. The molecule has 0 saturated heterocycles. The molecule has 0 saturated carbocycles. The Morgan fingerprint density at radius 1 is 1.41 bits per heavy atom. The number of aryl methyl sites for hydroxylation is 1. The van der Waals surface area contributed by atoms with Gasteiger partial charge < -0.3 is 5.32 Å². The van der Waals surface area contributed by atoms with Gasteiger partial charge in [-0.2, -0.15) is 0 Å². The second-order valence-electron chi connectivity index (χ2n) is 4.84. The van der Waals surface area contributed by atoms with Crippen LogP contribution in [0.15, 0.2) is 23.1 Å². The second-order valence-corrected chi connectivity index (χ2v) is 6.84. The molecule has 4 heteroatoms. The second kappa shape index (κ2) is 4.42. The first-order chi connectivity index (χ1) is 7.95. The van der Waals surface area contributed by atoms with Gasteiger partial charge in [0.05, 0.1) is 10.6 Å². The fourth-order valence-electron chi connectivity index (χ4n) is 2.56. The van der Waals surface area contributed by atoms with E-state index >= 15 is 0 Å². The fourth-order valence-corrected chi connectivity index (χ4v) is 4.45. The van der Waals surface area contributed by atoms with Crippen molar-refractivity contribution in [2.45, 2.75) is 31.7 Å². The van der Waals surface area contributed by atoms with Gasteiger partial charge in [0, 0.05) is 6.04 Å². The smallest absolute Gasteiger partial charge is 0.179 e.